The van der Waals surface area contributed by atoms with Gasteiger partial charge in [0.2, 0.25) is 0 Å². The van der Waals surface area contributed by atoms with Gasteiger partial charge in [0.1, 0.15) is 5.84 Å². The number of nitrogens with zero attached hydrogens (tertiary/aromatic N) is 1. The van der Waals surface area contributed by atoms with Crippen molar-refractivity contribution in [3.05, 3.63) is 34.3 Å². The number of halogens is 1. The maximum Gasteiger partial charge on any atom is 0.142 e. The fourth-order valence-electron chi connectivity index (χ4n) is 1.22. The van der Waals surface area contributed by atoms with Gasteiger partial charge in [0.05, 0.1) is 0 Å². The van der Waals surface area contributed by atoms with E-state index in [0.29, 0.717) is 17.4 Å². The van der Waals surface area contributed by atoms with Gasteiger partial charge in [-0.15, -0.1) is 0 Å². The second-order valence-corrected chi connectivity index (χ2v) is 3.36. The van der Waals surface area contributed by atoms with Crippen LogP contribution in [0.5, 0.6) is 0 Å². The standard InChI is InChI=1S/C10H14ClN3/c1-3-13-10(14-12)9-6-8(11)5-4-7(9)2/h4-6H,3,12H2,1-2H3,(H,13,14). The molecular weight excluding hydrogens is 198 g/mol. The Balaban J connectivity index is 3.15. The Morgan fingerprint density at radius 1 is 1.57 bits per heavy atom. The summed E-state index contributed by atoms with van der Waals surface area (Å²) in [6.07, 6.45) is 0. The highest BCUT2D eigenvalue weighted by molar-refractivity contribution is 6.31. The van der Waals surface area contributed by atoms with Gasteiger partial charge in [-0.1, -0.05) is 17.7 Å². The Bertz CT molecular complexity index is 347. The van der Waals surface area contributed by atoms with Gasteiger partial charge in [0.15, 0.2) is 0 Å². The molecule has 0 unspecified atom stereocenters. The third kappa shape index (κ3) is 2.47. The molecule has 0 saturated heterocycles. The smallest absolute Gasteiger partial charge is 0.142 e. The Hall–Kier alpha value is -1.06. The Morgan fingerprint density at radius 3 is 2.86 bits per heavy atom. The molecule has 0 aliphatic carbocycles. The average Bonchev–Trinajstić information content (AvgIpc) is 2.18. The summed E-state index contributed by atoms with van der Waals surface area (Å²) < 4.78 is 0. The Labute approximate surface area is 88.9 Å². The first-order valence-corrected chi connectivity index (χ1v) is 4.84. The molecule has 3 N–H and O–H groups in total. The number of amidine groups is 1. The van der Waals surface area contributed by atoms with Crippen molar-refractivity contribution in [2.24, 2.45) is 10.8 Å². The zero-order valence-corrected chi connectivity index (χ0v) is 9.10. The summed E-state index contributed by atoms with van der Waals surface area (Å²) in [5, 5.41) is 0.685. The van der Waals surface area contributed by atoms with E-state index in [1.54, 1.807) is 0 Å². The normalized spacial score (nSPS) is 11.6. The van der Waals surface area contributed by atoms with Crippen LogP contribution in [0.15, 0.2) is 23.2 Å². The van der Waals surface area contributed by atoms with Crippen molar-refractivity contribution in [1.82, 2.24) is 5.43 Å². The van der Waals surface area contributed by atoms with E-state index in [1.165, 1.54) is 0 Å². The van der Waals surface area contributed by atoms with Crippen molar-refractivity contribution in [3.8, 4) is 0 Å². The zero-order valence-electron chi connectivity index (χ0n) is 8.34. The fourth-order valence-corrected chi connectivity index (χ4v) is 1.39. The molecular formula is C10H14ClN3. The molecule has 0 aliphatic rings. The molecule has 0 aliphatic heterocycles. The van der Waals surface area contributed by atoms with Crippen molar-refractivity contribution in [2.75, 3.05) is 6.54 Å². The second kappa shape index (κ2) is 4.98. The van der Waals surface area contributed by atoms with E-state index in [0.717, 1.165) is 11.1 Å². The molecule has 0 amide bonds. The predicted molar refractivity (Wildman–Crippen MR) is 60.6 cm³/mol. The van der Waals surface area contributed by atoms with E-state index in [2.05, 4.69) is 10.4 Å². The number of aryl methyl sites for hydroxylation is 1. The molecule has 0 heterocycles. The summed E-state index contributed by atoms with van der Waals surface area (Å²) in [7, 11) is 0. The minimum Gasteiger partial charge on any atom is -0.308 e. The summed E-state index contributed by atoms with van der Waals surface area (Å²) in [6, 6.07) is 5.64. The van der Waals surface area contributed by atoms with E-state index in [4.69, 9.17) is 17.4 Å². The Morgan fingerprint density at radius 2 is 2.29 bits per heavy atom. The average molecular weight is 212 g/mol. The second-order valence-electron chi connectivity index (χ2n) is 2.93. The summed E-state index contributed by atoms with van der Waals surface area (Å²) in [6.45, 7) is 4.64. The molecule has 76 valence electrons. The minimum absolute atomic E-state index is 0.674. The van der Waals surface area contributed by atoms with Crippen LogP contribution in [0.4, 0.5) is 0 Å². The van der Waals surface area contributed by atoms with Gasteiger partial charge in [0.25, 0.3) is 0 Å². The quantitative estimate of drug-likeness (QED) is 0.340. The summed E-state index contributed by atoms with van der Waals surface area (Å²) in [5.41, 5.74) is 4.62. The molecule has 0 aromatic heterocycles. The SMILES string of the molecule is CCN=C(NN)c1cc(Cl)ccc1C. The summed E-state index contributed by atoms with van der Waals surface area (Å²) in [4.78, 5) is 4.24. The van der Waals surface area contributed by atoms with Crippen LogP contribution in [0.2, 0.25) is 5.02 Å². The first kappa shape index (κ1) is 11.0. The predicted octanol–water partition coefficient (Wildman–Crippen LogP) is 1.88. The number of hydrazine groups is 1. The lowest BCUT2D eigenvalue weighted by Gasteiger charge is -2.08. The van der Waals surface area contributed by atoms with E-state index < -0.39 is 0 Å². The van der Waals surface area contributed by atoms with Gasteiger partial charge in [-0.05, 0) is 31.5 Å². The van der Waals surface area contributed by atoms with Crippen LogP contribution in [0, 0.1) is 6.92 Å². The van der Waals surface area contributed by atoms with Gasteiger partial charge < -0.3 is 5.43 Å². The van der Waals surface area contributed by atoms with Crippen molar-refractivity contribution < 1.29 is 0 Å². The number of hydrogen-bond donors (Lipinski definition) is 2. The van der Waals surface area contributed by atoms with Gasteiger partial charge in [0, 0.05) is 17.1 Å². The molecule has 4 heteroatoms. The number of rotatable bonds is 2. The Kier molecular flexibility index (Phi) is 3.92. The third-order valence-corrected chi connectivity index (χ3v) is 2.14. The lowest BCUT2D eigenvalue weighted by molar-refractivity contribution is 0.989. The van der Waals surface area contributed by atoms with Gasteiger partial charge >= 0.3 is 0 Å². The maximum atomic E-state index is 5.89. The number of aliphatic imine (C=N–C) groups is 1. The van der Waals surface area contributed by atoms with E-state index in [9.17, 15) is 0 Å². The fraction of sp³-hybridized carbons (Fsp3) is 0.300. The molecule has 0 fully saturated rings. The summed E-state index contributed by atoms with van der Waals surface area (Å²) >= 11 is 5.89. The molecule has 14 heavy (non-hydrogen) atoms. The molecule has 0 saturated carbocycles. The summed E-state index contributed by atoms with van der Waals surface area (Å²) in [5.74, 6) is 6.06. The first-order chi connectivity index (χ1) is 6.69. The zero-order chi connectivity index (χ0) is 10.6. The van der Waals surface area contributed by atoms with Crippen LogP contribution in [-0.4, -0.2) is 12.4 Å². The van der Waals surface area contributed by atoms with Crippen LogP contribution in [-0.2, 0) is 0 Å². The monoisotopic (exact) mass is 211 g/mol. The minimum atomic E-state index is 0.674. The topological polar surface area (TPSA) is 50.4 Å². The number of benzene rings is 1. The highest BCUT2D eigenvalue weighted by Crippen LogP contribution is 2.15. The number of nitrogens with one attached hydrogen (secondary N) is 1. The largest absolute Gasteiger partial charge is 0.308 e. The third-order valence-electron chi connectivity index (χ3n) is 1.91. The van der Waals surface area contributed by atoms with Crippen LogP contribution in [0.3, 0.4) is 0 Å². The maximum absolute atomic E-state index is 5.89. The van der Waals surface area contributed by atoms with Crippen molar-refractivity contribution in [1.29, 1.82) is 0 Å². The molecule has 1 aromatic carbocycles. The molecule has 1 aromatic rings. The van der Waals surface area contributed by atoms with Crippen molar-refractivity contribution >= 4 is 17.4 Å². The van der Waals surface area contributed by atoms with E-state index in [-0.39, 0.29) is 0 Å². The molecule has 0 radical (unpaired) electrons. The number of nitrogens with two attached hydrogens (primary N) is 1. The van der Waals surface area contributed by atoms with E-state index in [1.807, 2.05) is 32.0 Å². The molecule has 1 rings (SSSR count). The molecule has 3 nitrogen and oxygen atoms in total. The van der Waals surface area contributed by atoms with Gasteiger partial charge in [-0.25, -0.2) is 5.84 Å². The van der Waals surface area contributed by atoms with Crippen LogP contribution in [0.1, 0.15) is 18.1 Å². The van der Waals surface area contributed by atoms with Gasteiger partial charge in [-0.3, -0.25) is 4.99 Å². The van der Waals surface area contributed by atoms with Crippen LogP contribution in [0.25, 0.3) is 0 Å². The molecule has 0 bridgehead atoms. The van der Waals surface area contributed by atoms with E-state index >= 15 is 0 Å². The lowest BCUT2D eigenvalue weighted by Crippen LogP contribution is -2.31. The van der Waals surface area contributed by atoms with Crippen LogP contribution < -0.4 is 11.3 Å². The highest BCUT2D eigenvalue weighted by Gasteiger charge is 2.05. The molecule has 0 atom stereocenters. The van der Waals surface area contributed by atoms with Crippen molar-refractivity contribution in [3.63, 3.8) is 0 Å². The lowest BCUT2D eigenvalue weighted by atomic mass is 10.1. The van der Waals surface area contributed by atoms with Gasteiger partial charge in [-0.2, -0.15) is 0 Å². The highest BCUT2D eigenvalue weighted by atomic mass is 35.5. The number of hydrogen-bond acceptors (Lipinski definition) is 2. The van der Waals surface area contributed by atoms with Crippen molar-refractivity contribution in [2.45, 2.75) is 13.8 Å². The van der Waals surface area contributed by atoms with Crippen LogP contribution >= 0.6 is 11.6 Å². The molecule has 0 spiro atoms. The first-order valence-electron chi connectivity index (χ1n) is 4.46.